The molecule has 0 bridgehead atoms. The molecule has 0 aliphatic heterocycles. The molecule has 98 valence electrons. The van der Waals surface area contributed by atoms with E-state index in [1.807, 2.05) is 25.1 Å². The van der Waals surface area contributed by atoms with Gasteiger partial charge in [0.25, 0.3) is 5.69 Å². The van der Waals surface area contributed by atoms with Gasteiger partial charge in [-0.2, -0.15) is 0 Å². The lowest BCUT2D eigenvalue weighted by molar-refractivity contribution is -0.384. The largest absolute Gasteiger partial charge is 0.487 e. The summed E-state index contributed by atoms with van der Waals surface area (Å²) in [6.07, 6.45) is 0. The Morgan fingerprint density at radius 2 is 2.16 bits per heavy atom. The van der Waals surface area contributed by atoms with Crippen LogP contribution in [0, 0.1) is 17.0 Å². The third-order valence-corrected chi connectivity index (χ3v) is 2.75. The molecule has 0 N–H and O–H groups in total. The maximum Gasteiger partial charge on any atom is 0.288 e. The number of pyridine rings is 1. The highest BCUT2D eigenvalue weighted by Crippen LogP contribution is 2.28. The molecule has 0 aliphatic rings. The van der Waals surface area contributed by atoms with Crippen molar-refractivity contribution in [3.05, 3.63) is 62.9 Å². The van der Waals surface area contributed by atoms with Gasteiger partial charge in [-0.3, -0.25) is 15.1 Å². The predicted octanol–water partition coefficient (Wildman–Crippen LogP) is 3.53. The molecular formula is C13H11ClN2O3. The number of halogens is 1. The topological polar surface area (TPSA) is 65.3 Å². The van der Waals surface area contributed by atoms with Crippen molar-refractivity contribution in [3.8, 4) is 5.75 Å². The normalized spacial score (nSPS) is 10.2. The summed E-state index contributed by atoms with van der Waals surface area (Å²) in [5.41, 5.74) is 1.56. The molecule has 1 aromatic carbocycles. The van der Waals surface area contributed by atoms with Gasteiger partial charge in [0.2, 0.25) is 0 Å². The molecule has 6 heteroatoms. The molecule has 0 fully saturated rings. The molecule has 0 aliphatic carbocycles. The van der Waals surface area contributed by atoms with Crippen LogP contribution in [0.15, 0.2) is 36.4 Å². The van der Waals surface area contributed by atoms with Crippen molar-refractivity contribution >= 4 is 17.3 Å². The third kappa shape index (κ3) is 3.42. The van der Waals surface area contributed by atoms with Gasteiger partial charge in [-0.15, -0.1) is 0 Å². The molecule has 0 spiro atoms. The zero-order valence-electron chi connectivity index (χ0n) is 10.2. The number of benzene rings is 1. The van der Waals surface area contributed by atoms with E-state index in [2.05, 4.69) is 4.98 Å². The Morgan fingerprint density at radius 3 is 2.79 bits per heavy atom. The van der Waals surface area contributed by atoms with Crippen molar-refractivity contribution in [3.63, 3.8) is 0 Å². The summed E-state index contributed by atoms with van der Waals surface area (Å²) in [6, 6.07) is 9.90. The van der Waals surface area contributed by atoms with Crippen molar-refractivity contribution in [2.24, 2.45) is 0 Å². The Bertz CT molecular complexity index is 617. The van der Waals surface area contributed by atoms with E-state index in [-0.39, 0.29) is 17.3 Å². The van der Waals surface area contributed by atoms with E-state index in [0.29, 0.717) is 5.75 Å². The highest BCUT2D eigenvalue weighted by molar-refractivity contribution is 6.32. The number of nitrogens with zero attached hydrogens (tertiary/aromatic N) is 2. The fourth-order valence-corrected chi connectivity index (χ4v) is 1.80. The summed E-state index contributed by atoms with van der Waals surface area (Å²) in [7, 11) is 0. The van der Waals surface area contributed by atoms with Gasteiger partial charge in [0.15, 0.2) is 0 Å². The maximum absolute atomic E-state index is 10.6. The van der Waals surface area contributed by atoms with Crippen LogP contribution in [0.2, 0.25) is 5.02 Å². The summed E-state index contributed by atoms with van der Waals surface area (Å²) in [5, 5.41) is 10.7. The van der Waals surface area contributed by atoms with Crippen LogP contribution in [0.25, 0.3) is 0 Å². The Kier molecular flexibility index (Phi) is 3.97. The lowest BCUT2D eigenvalue weighted by atomic mass is 10.3. The molecular weight excluding hydrogens is 268 g/mol. The molecule has 2 aromatic rings. The van der Waals surface area contributed by atoms with Crippen molar-refractivity contribution in [1.82, 2.24) is 4.98 Å². The summed E-state index contributed by atoms with van der Waals surface area (Å²) in [6.45, 7) is 2.18. The minimum atomic E-state index is -0.534. The average Bonchev–Trinajstić information content (AvgIpc) is 2.36. The summed E-state index contributed by atoms with van der Waals surface area (Å²) in [5.74, 6) is 0.471. The van der Waals surface area contributed by atoms with E-state index in [1.54, 1.807) is 0 Å². The fraction of sp³-hybridized carbons (Fsp3) is 0.154. The van der Waals surface area contributed by atoms with E-state index in [9.17, 15) is 10.1 Å². The number of aromatic nitrogens is 1. The SMILES string of the molecule is Cc1cccc(COc2ccc([N+](=O)[O-])c(Cl)c2)n1. The quantitative estimate of drug-likeness (QED) is 0.634. The first-order valence-corrected chi connectivity index (χ1v) is 5.93. The van der Waals surface area contributed by atoms with Crippen LogP contribution in [0.3, 0.4) is 0 Å². The fourth-order valence-electron chi connectivity index (χ4n) is 1.56. The van der Waals surface area contributed by atoms with Crippen LogP contribution in [-0.2, 0) is 6.61 Å². The first kappa shape index (κ1) is 13.3. The van der Waals surface area contributed by atoms with Crippen molar-refractivity contribution in [1.29, 1.82) is 0 Å². The highest BCUT2D eigenvalue weighted by atomic mass is 35.5. The Morgan fingerprint density at radius 1 is 1.37 bits per heavy atom. The van der Waals surface area contributed by atoms with Crippen molar-refractivity contribution in [2.75, 3.05) is 0 Å². The van der Waals surface area contributed by atoms with Gasteiger partial charge < -0.3 is 4.74 Å². The molecule has 0 atom stereocenters. The summed E-state index contributed by atoms with van der Waals surface area (Å²) >= 11 is 5.79. The molecule has 19 heavy (non-hydrogen) atoms. The van der Waals surface area contributed by atoms with Gasteiger partial charge in [0, 0.05) is 17.8 Å². The lowest BCUT2D eigenvalue weighted by Gasteiger charge is -2.06. The summed E-state index contributed by atoms with van der Waals surface area (Å²) < 4.78 is 5.49. The molecule has 1 aromatic heterocycles. The second-order valence-corrected chi connectivity index (χ2v) is 4.34. The molecule has 0 saturated carbocycles. The maximum atomic E-state index is 10.6. The Balaban J connectivity index is 2.08. The standard InChI is InChI=1S/C13H11ClN2O3/c1-9-3-2-4-10(15-9)8-19-11-5-6-13(16(17)18)12(14)7-11/h2-7H,8H2,1H3. The number of nitro groups is 1. The molecule has 0 saturated heterocycles. The van der Waals surface area contributed by atoms with Crippen molar-refractivity contribution < 1.29 is 9.66 Å². The van der Waals surface area contributed by atoms with Crippen LogP contribution in [0.5, 0.6) is 5.75 Å². The summed E-state index contributed by atoms with van der Waals surface area (Å²) in [4.78, 5) is 14.4. The molecule has 2 rings (SSSR count). The lowest BCUT2D eigenvalue weighted by Crippen LogP contribution is -1.99. The van der Waals surface area contributed by atoms with Gasteiger partial charge >= 0.3 is 0 Å². The molecule has 5 nitrogen and oxygen atoms in total. The predicted molar refractivity (Wildman–Crippen MR) is 71.4 cm³/mol. The van der Waals surface area contributed by atoms with Crippen LogP contribution < -0.4 is 4.74 Å². The molecule has 0 unspecified atom stereocenters. The average molecular weight is 279 g/mol. The van der Waals surface area contributed by atoms with E-state index >= 15 is 0 Å². The number of aryl methyl sites for hydroxylation is 1. The van der Waals surface area contributed by atoms with Gasteiger partial charge in [0.05, 0.1) is 10.6 Å². The van der Waals surface area contributed by atoms with Crippen LogP contribution in [0.4, 0.5) is 5.69 Å². The monoisotopic (exact) mass is 278 g/mol. The van der Waals surface area contributed by atoms with Crippen LogP contribution in [-0.4, -0.2) is 9.91 Å². The first-order valence-electron chi connectivity index (χ1n) is 5.55. The molecule has 0 radical (unpaired) electrons. The van der Waals surface area contributed by atoms with Crippen LogP contribution >= 0.6 is 11.6 Å². The Labute approximate surface area is 115 Å². The Hall–Kier alpha value is -2.14. The van der Waals surface area contributed by atoms with Crippen molar-refractivity contribution in [2.45, 2.75) is 13.5 Å². The smallest absolute Gasteiger partial charge is 0.288 e. The third-order valence-electron chi connectivity index (χ3n) is 2.45. The first-order chi connectivity index (χ1) is 9.06. The van der Waals surface area contributed by atoms with Gasteiger partial charge in [0.1, 0.15) is 17.4 Å². The highest BCUT2D eigenvalue weighted by Gasteiger charge is 2.12. The molecule has 1 heterocycles. The van der Waals surface area contributed by atoms with Gasteiger partial charge in [-0.05, 0) is 25.1 Å². The van der Waals surface area contributed by atoms with E-state index in [1.165, 1.54) is 18.2 Å². The molecule has 0 amide bonds. The minimum absolute atomic E-state index is 0.0553. The minimum Gasteiger partial charge on any atom is -0.487 e. The number of ether oxygens (including phenoxy) is 1. The number of hydrogen-bond donors (Lipinski definition) is 0. The second kappa shape index (κ2) is 5.67. The zero-order valence-corrected chi connectivity index (χ0v) is 10.9. The second-order valence-electron chi connectivity index (χ2n) is 3.93. The number of nitro benzene ring substituents is 1. The van der Waals surface area contributed by atoms with E-state index < -0.39 is 4.92 Å². The van der Waals surface area contributed by atoms with Crippen LogP contribution in [0.1, 0.15) is 11.4 Å². The number of rotatable bonds is 4. The van der Waals surface area contributed by atoms with Gasteiger partial charge in [-0.25, -0.2) is 0 Å². The zero-order chi connectivity index (χ0) is 13.8. The van der Waals surface area contributed by atoms with E-state index in [0.717, 1.165) is 11.4 Å². The van der Waals surface area contributed by atoms with E-state index in [4.69, 9.17) is 16.3 Å². The van der Waals surface area contributed by atoms with Gasteiger partial charge in [-0.1, -0.05) is 17.7 Å². The number of hydrogen-bond acceptors (Lipinski definition) is 4.